The Hall–Kier alpha value is -1.29. The molecule has 0 amide bonds. The zero-order valence-corrected chi connectivity index (χ0v) is 11.7. The standard InChI is InChI=1S/C14H19N3S/c1-14(2,12-4-3-9-18-12)10-17-8-7-15-13(17)16-11-5-6-11/h3-4,7-9,11H,5-6,10H2,1-2H3,(H,15,16). The Balaban J connectivity index is 1.77. The summed E-state index contributed by atoms with van der Waals surface area (Å²) in [6, 6.07) is 4.99. The van der Waals surface area contributed by atoms with Crippen molar-refractivity contribution in [2.75, 3.05) is 5.32 Å². The SMILES string of the molecule is CC(C)(Cn1ccnc1NC1CC1)c1cccs1. The molecule has 3 nitrogen and oxygen atoms in total. The van der Waals surface area contributed by atoms with Crippen LogP contribution >= 0.6 is 11.3 Å². The molecule has 0 aliphatic heterocycles. The van der Waals surface area contributed by atoms with Crippen LogP contribution in [0.1, 0.15) is 31.6 Å². The minimum atomic E-state index is 0.148. The predicted octanol–water partition coefficient (Wildman–Crippen LogP) is 3.50. The summed E-state index contributed by atoms with van der Waals surface area (Å²) < 4.78 is 2.23. The van der Waals surface area contributed by atoms with Gasteiger partial charge in [-0.1, -0.05) is 19.9 Å². The molecule has 0 unspecified atom stereocenters. The molecule has 1 fully saturated rings. The lowest BCUT2D eigenvalue weighted by Crippen LogP contribution is -2.24. The molecular formula is C14H19N3S. The van der Waals surface area contributed by atoms with E-state index in [1.54, 1.807) is 0 Å². The molecule has 4 heteroatoms. The Labute approximate surface area is 112 Å². The summed E-state index contributed by atoms with van der Waals surface area (Å²) in [6.07, 6.45) is 6.51. The van der Waals surface area contributed by atoms with Crippen LogP contribution in [0.5, 0.6) is 0 Å². The van der Waals surface area contributed by atoms with Crippen LogP contribution in [0.3, 0.4) is 0 Å². The van der Waals surface area contributed by atoms with Crippen molar-refractivity contribution in [2.45, 2.75) is 44.7 Å². The van der Waals surface area contributed by atoms with Crippen LogP contribution in [0.25, 0.3) is 0 Å². The molecule has 96 valence electrons. The Morgan fingerprint density at radius 3 is 3.00 bits per heavy atom. The fourth-order valence-electron chi connectivity index (χ4n) is 2.15. The normalized spacial score (nSPS) is 15.9. The van der Waals surface area contributed by atoms with Crippen LogP contribution < -0.4 is 5.32 Å². The first-order valence-electron chi connectivity index (χ1n) is 6.47. The van der Waals surface area contributed by atoms with Crippen molar-refractivity contribution in [3.8, 4) is 0 Å². The van der Waals surface area contributed by atoms with Gasteiger partial charge in [-0.3, -0.25) is 0 Å². The van der Waals surface area contributed by atoms with Gasteiger partial charge < -0.3 is 9.88 Å². The van der Waals surface area contributed by atoms with E-state index in [9.17, 15) is 0 Å². The summed E-state index contributed by atoms with van der Waals surface area (Å²) in [5, 5.41) is 5.63. The van der Waals surface area contributed by atoms with E-state index < -0.39 is 0 Å². The highest BCUT2D eigenvalue weighted by Gasteiger charge is 2.26. The first-order valence-corrected chi connectivity index (χ1v) is 7.35. The van der Waals surface area contributed by atoms with Crippen molar-refractivity contribution in [1.29, 1.82) is 0 Å². The Morgan fingerprint density at radius 1 is 1.50 bits per heavy atom. The maximum atomic E-state index is 4.42. The van der Waals surface area contributed by atoms with Crippen LogP contribution in [0.4, 0.5) is 5.95 Å². The maximum absolute atomic E-state index is 4.42. The Morgan fingerprint density at radius 2 is 2.33 bits per heavy atom. The molecule has 0 atom stereocenters. The summed E-state index contributed by atoms with van der Waals surface area (Å²) in [4.78, 5) is 5.84. The van der Waals surface area contributed by atoms with Crippen molar-refractivity contribution < 1.29 is 0 Å². The highest BCUT2D eigenvalue weighted by Crippen LogP contribution is 2.31. The van der Waals surface area contributed by atoms with E-state index in [4.69, 9.17) is 0 Å². The minimum absolute atomic E-state index is 0.148. The van der Waals surface area contributed by atoms with Gasteiger partial charge in [0, 0.05) is 35.3 Å². The number of thiophene rings is 1. The minimum Gasteiger partial charge on any atom is -0.353 e. The number of nitrogens with one attached hydrogen (secondary N) is 1. The van der Waals surface area contributed by atoms with E-state index in [2.05, 4.69) is 52.4 Å². The second-order valence-corrected chi connectivity index (χ2v) is 6.61. The quantitative estimate of drug-likeness (QED) is 0.892. The van der Waals surface area contributed by atoms with Gasteiger partial charge in [0.05, 0.1) is 0 Å². The topological polar surface area (TPSA) is 29.9 Å². The van der Waals surface area contributed by atoms with E-state index in [1.807, 2.05) is 17.5 Å². The third-order valence-corrected chi connectivity index (χ3v) is 4.62. The molecule has 0 bridgehead atoms. The van der Waals surface area contributed by atoms with Gasteiger partial charge in [-0.05, 0) is 24.3 Å². The zero-order valence-electron chi connectivity index (χ0n) is 10.9. The molecule has 1 N–H and O–H groups in total. The fourth-order valence-corrected chi connectivity index (χ4v) is 3.00. The molecule has 2 heterocycles. The highest BCUT2D eigenvalue weighted by molar-refractivity contribution is 7.10. The highest BCUT2D eigenvalue weighted by atomic mass is 32.1. The van der Waals surface area contributed by atoms with Gasteiger partial charge in [0.25, 0.3) is 0 Å². The van der Waals surface area contributed by atoms with Crippen LogP contribution in [-0.4, -0.2) is 15.6 Å². The third kappa shape index (κ3) is 2.43. The first kappa shape index (κ1) is 11.8. The lowest BCUT2D eigenvalue weighted by molar-refractivity contribution is 0.445. The second-order valence-electron chi connectivity index (χ2n) is 5.66. The summed E-state index contributed by atoms with van der Waals surface area (Å²) in [5.74, 6) is 1.02. The van der Waals surface area contributed by atoms with E-state index in [0.717, 1.165) is 12.5 Å². The van der Waals surface area contributed by atoms with Gasteiger partial charge in [0.1, 0.15) is 0 Å². The molecule has 0 radical (unpaired) electrons. The van der Waals surface area contributed by atoms with E-state index in [1.165, 1.54) is 17.7 Å². The molecule has 2 aromatic rings. The van der Waals surface area contributed by atoms with Gasteiger partial charge in [-0.2, -0.15) is 0 Å². The van der Waals surface area contributed by atoms with Crippen molar-refractivity contribution in [2.24, 2.45) is 0 Å². The molecule has 1 saturated carbocycles. The lowest BCUT2D eigenvalue weighted by atomic mass is 9.91. The average molecular weight is 261 g/mol. The van der Waals surface area contributed by atoms with Gasteiger partial charge in [-0.15, -0.1) is 11.3 Å². The molecule has 0 aromatic carbocycles. The lowest BCUT2D eigenvalue weighted by Gasteiger charge is -2.25. The molecule has 1 aliphatic rings. The largest absolute Gasteiger partial charge is 0.353 e. The molecule has 0 saturated heterocycles. The number of hydrogen-bond donors (Lipinski definition) is 1. The number of anilines is 1. The van der Waals surface area contributed by atoms with Crippen molar-refractivity contribution in [3.05, 3.63) is 34.8 Å². The van der Waals surface area contributed by atoms with E-state index >= 15 is 0 Å². The monoisotopic (exact) mass is 261 g/mol. The zero-order chi connectivity index (χ0) is 12.6. The van der Waals surface area contributed by atoms with Gasteiger partial charge in [-0.25, -0.2) is 4.98 Å². The number of rotatable bonds is 5. The summed E-state index contributed by atoms with van der Waals surface area (Å²) in [5.41, 5.74) is 0.148. The van der Waals surface area contributed by atoms with Gasteiger partial charge in [0.15, 0.2) is 0 Å². The molecule has 1 aliphatic carbocycles. The maximum Gasteiger partial charge on any atom is 0.203 e. The molecule has 18 heavy (non-hydrogen) atoms. The van der Waals surface area contributed by atoms with Crippen LogP contribution in [0, 0.1) is 0 Å². The van der Waals surface area contributed by atoms with Crippen molar-refractivity contribution in [1.82, 2.24) is 9.55 Å². The van der Waals surface area contributed by atoms with Gasteiger partial charge in [0.2, 0.25) is 5.95 Å². The predicted molar refractivity (Wildman–Crippen MR) is 76.2 cm³/mol. The number of nitrogens with zero attached hydrogens (tertiary/aromatic N) is 2. The molecular weight excluding hydrogens is 242 g/mol. The first-order chi connectivity index (χ1) is 8.65. The third-order valence-electron chi connectivity index (χ3n) is 3.38. The Bertz CT molecular complexity index is 509. The summed E-state index contributed by atoms with van der Waals surface area (Å²) >= 11 is 1.83. The van der Waals surface area contributed by atoms with E-state index in [0.29, 0.717) is 6.04 Å². The van der Waals surface area contributed by atoms with Crippen LogP contribution in [0.2, 0.25) is 0 Å². The fraction of sp³-hybridized carbons (Fsp3) is 0.500. The van der Waals surface area contributed by atoms with Crippen LogP contribution in [-0.2, 0) is 12.0 Å². The van der Waals surface area contributed by atoms with E-state index in [-0.39, 0.29) is 5.41 Å². The molecule has 3 rings (SSSR count). The number of aromatic nitrogens is 2. The van der Waals surface area contributed by atoms with Gasteiger partial charge >= 0.3 is 0 Å². The van der Waals surface area contributed by atoms with Crippen LogP contribution in [0.15, 0.2) is 29.9 Å². The molecule has 0 spiro atoms. The number of hydrogen-bond acceptors (Lipinski definition) is 3. The molecule has 2 aromatic heterocycles. The Kier molecular flexibility index (Phi) is 2.90. The smallest absolute Gasteiger partial charge is 0.203 e. The second kappa shape index (κ2) is 4.43. The summed E-state index contributed by atoms with van der Waals surface area (Å²) in [6.45, 7) is 5.54. The van der Waals surface area contributed by atoms with Crippen molar-refractivity contribution in [3.63, 3.8) is 0 Å². The van der Waals surface area contributed by atoms with Crippen molar-refractivity contribution >= 4 is 17.3 Å². The number of imidazole rings is 1. The summed E-state index contributed by atoms with van der Waals surface area (Å²) in [7, 11) is 0. The average Bonchev–Trinajstić information content (AvgIpc) is 2.80.